The predicted octanol–water partition coefficient (Wildman–Crippen LogP) is 2.29. The Balaban J connectivity index is 1.50. The molecule has 2 aliphatic heterocycles. The fourth-order valence-electron chi connectivity index (χ4n) is 3.88. The van der Waals surface area contributed by atoms with E-state index < -0.39 is 39.4 Å². The topological polar surface area (TPSA) is 96.0 Å². The fourth-order valence-corrected chi connectivity index (χ4v) is 5.32. The average Bonchev–Trinajstić information content (AvgIpc) is 3.17. The van der Waals surface area contributed by atoms with Gasteiger partial charge in [-0.05, 0) is 36.8 Å². The van der Waals surface area contributed by atoms with Gasteiger partial charge in [0.2, 0.25) is 21.8 Å². The minimum atomic E-state index is -3.75. The van der Waals surface area contributed by atoms with Crippen molar-refractivity contribution in [2.45, 2.75) is 18.2 Å². The fraction of sp³-hybridized carbons (Fsp3) is 0.364. The van der Waals surface area contributed by atoms with E-state index in [0.29, 0.717) is 30.5 Å². The molecule has 2 fully saturated rings. The zero-order valence-corrected chi connectivity index (χ0v) is 18.7. The van der Waals surface area contributed by atoms with E-state index in [4.69, 9.17) is 4.74 Å². The molecule has 0 saturated carbocycles. The van der Waals surface area contributed by atoms with Crippen molar-refractivity contribution in [2.75, 3.05) is 43.1 Å². The standard InChI is InChI=1S/C22H23F2N3O5S/c1-14-2-4-17(33(30,31)26-6-8-32-9-7-26)12-19(14)25-22(29)15-10-21(28)27(13-15)20-5-3-16(23)11-18(20)24/h2-5,11-12,15H,6-10,13H2,1H3,(H,25,29). The third-order valence-corrected chi connectivity index (χ3v) is 7.67. The van der Waals surface area contributed by atoms with Gasteiger partial charge in [-0.1, -0.05) is 6.07 Å². The van der Waals surface area contributed by atoms with Crippen LogP contribution in [0.1, 0.15) is 12.0 Å². The summed E-state index contributed by atoms with van der Waals surface area (Å²) in [7, 11) is -3.75. The molecule has 2 aromatic carbocycles. The first-order valence-corrected chi connectivity index (χ1v) is 11.9. The van der Waals surface area contributed by atoms with Crippen LogP contribution >= 0.6 is 0 Å². The SMILES string of the molecule is Cc1ccc(S(=O)(=O)N2CCOCC2)cc1NC(=O)C1CC(=O)N(c2ccc(F)cc2F)C1. The highest BCUT2D eigenvalue weighted by atomic mass is 32.2. The Hall–Kier alpha value is -2.89. The molecule has 0 radical (unpaired) electrons. The number of hydrogen-bond acceptors (Lipinski definition) is 5. The molecule has 1 unspecified atom stereocenters. The Bertz CT molecular complexity index is 1200. The Morgan fingerprint density at radius 3 is 2.55 bits per heavy atom. The zero-order valence-electron chi connectivity index (χ0n) is 17.9. The molecule has 176 valence electrons. The first-order valence-electron chi connectivity index (χ1n) is 10.4. The lowest BCUT2D eigenvalue weighted by Crippen LogP contribution is -2.40. The number of sulfonamides is 1. The Kier molecular flexibility index (Phi) is 6.46. The molecular weight excluding hydrogens is 456 g/mol. The normalized spacial score (nSPS) is 19.7. The molecule has 2 amide bonds. The average molecular weight is 480 g/mol. The summed E-state index contributed by atoms with van der Waals surface area (Å²) in [5, 5.41) is 2.70. The number of benzene rings is 2. The monoisotopic (exact) mass is 479 g/mol. The number of aryl methyl sites for hydroxylation is 1. The van der Waals surface area contributed by atoms with Gasteiger partial charge in [0.15, 0.2) is 0 Å². The largest absolute Gasteiger partial charge is 0.379 e. The van der Waals surface area contributed by atoms with Crippen LogP contribution in [0, 0.1) is 24.5 Å². The Labute approximate surface area is 190 Å². The van der Waals surface area contributed by atoms with Gasteiger partial charge in [-0.2, -0.15) is 4.31 Å². The molecule has 2 heterocycles. The number of ether oxygens (including phenoxy) is 1. The lowest BCUT2D eigenvalue weighted by Gasteiger charge is -2.26. The van der Waals surface area contributed by atoms with Crippen molar-refractivity contribution in [2.24, 2.45) is 5.92 Å². The number of amides is 2. The number of morpholine rings is 1. The number of carbonyl (C=O) groups is 2. The minimum Gasteiger partial charge on any atom is -0.379 e. The van der Waals surface area contributed by atoms with E-state index in [0.717, 1.165) is 17.0 Å². The van der Waals surface area contributed by atoms with Crippen LogP contribution in [-0.2, 0) is 24.3 Å². The number of rotatable bonds is 5. The number of hydrogen-bond donors (Lipinski definition) is 1. The molecule has 0 spiro atoms. The Morgan fingerprint density at radius 1 is 1.12 bits per heavy atom. The minimum absolute atomic E-state index is 0.0443. The van der Waals surface area contributed by atoms with Crippen molar-refractivity contribution in [3.63, 3.8) is 0 Å². The molecule has 2 saturated heterocycles. The maximum absolute atomic E-state index is 14.1. The van der Waals surface area contributed by atoms with Gasteiger partial charge in [0.25, 0.3) is 0 Å². The van der Waals surface area contributed by atoms with E-state index in [1.54, 1.807) is 13.0 Å². The van der Waals surface area contributed by atoms with E-state index in [9.17, 15) is 26.8 Å². The summed E-state index contributed by atoms with van der Waals surface area (Å²) in [6.07, 6.45) is -0.145. The molecule has 2 aromatic rings. The maximum Gasteiger partial charge on any atom is 0.243 e. The van der Waals surface area contributed by atoms with E-state index >= 15 is 0 Å². The van der Waals surface area contributed by atoms with Crippen LogP contribution in [0.5, 0.6) is 0 Å². The van der Waals surface area contributed by atoms with Gasteiger partial charge in [-0.15, -0.1) is 0 Å². The molecule has 1 N–H and O–H groups in total. The molecule has 0 aromatic heterocycles. The Morgan fingerprint density at radius 2 is 1.85 bits per heavy atom. The second kappa shape index (κ2) is 9.16. The number of nitrogens with one attached hydrogen (secondary N) is 1. The van der Waals surface area contributed by atoms with Gasteiger partial charge in [0, 0.05) is 37.8 Å². The third kappa shape index (κ3) is 4.75. The van der Waals surface area contributed by atoms with Gasteiger partial charge in [0.05, 0.1) is 29.7 Å². The van der Waals surface area contributed by atoms with E-state index in [-0.39, 0.29) is 36.6 Å². The highest BCUT2D eigenvalue weighted by Gasteiger charge is 2.36. The maximum atomic E-state index is 14.1. The molecule has 11 heteroatoms. The van der Waals surface area contributed by atoms with Gasteiger partial charge >= 0.3 is 0 Å². The van der Waals surface area contributed by atoms with E-state index in [1.807, 2.05) is 0 Å². The molecule has 2 aliphatic rings. The molecular formula is C22H23F2N3O5S. The number of nitrogens with zero attached hydrogens (tertiary/aromatic N) is 2. The lowest BCUT2D eigenvalue weighted by atomic mass is 10.1. The van der Waals surface area contributed by atoms with Crippen LogP contribution in [0.4, 0.5) is 20.2 Å². The summed E-state index contributed by atoms with van der Waals surface area (Å²) in [4.78, 5) is 26.4. The van der Waals surface area contributed by atoms with Crippen molar-refractivity contribution >= 4 is 33.2 Å². The van der Waals surface area contributed by atoms with Crippen molar-refractivity contribution in [3.8, 4) is 0 Å². The predicted molar refractivity (Wildman–Crippen MR) is 116 cm³/mol. The zero-order chi connectivity index (χ0) is 23.8. The molecule has 33 heavy (non-hydrogen) atoms. The van der Waals surface area contributed by atoms with E-state index in [1.165, 1.54) is 16.4 Å². The second-order valence-corrected chi connectivity index (χ2v) is 9.92. The van der Waals surface area contributed by atoms with Gasteiger partial charge < -0.3 is 15.0 Å². The van der Waals surface area contributed by atoms with Crippen LogP contribution in [0.25, 0.3) is 0 Å². The summed E-state index contributed by atoms with van der Waals surface area (Å²) < 4.78 is 59.7. The van der Waals surface area contributed by atoms with Crippen molar-refractivity contribution < 1.29 is 31.5 Å². The lowest BCUT2D eigenvalue weighted by molar-refractivity contribution is -0.122. The van der Waals surface area contributed by atoms with Crippen LogP contribution in [0.2, 0.25) is 0 Å². The van der Waals surface area contributed by atoms with Gasteiger partial charge in [-0.25, -0.2) is 17.2 Å². The highest BCUT2D eigenvalue weighted by molar-refractivity contribution is 7.89. The molecule has 4 rings (SSSR count). The van der Waals surface area contributed by atoms with Crippen LogP contribution in [0.3, 0.4) is 0 Å². The second-order valence-electron chi connectivity index (χ2n) is 7.98. The summed E-state index contributed by atoms with van der Waals surface area (Å²) in [6, 6.07) is 7.36. The summed E-state index contributed by atoms with van der Waals surface area (Å²) >= 11 is 0. The van der Waals surface area contributed by atoms with E-state index in [2.05, 4.69) is 5.32 Å². The summed E-state index contributed by atoms with van der Waals surface area (Å²) in [5.74, 6) is -3.37. The molecule has 0 aliphatic carbocycles. The highest BCUT2D eigenvalue weighted by Crippen LogP contribution is 2.30. The molecule has 0 bridgehead atoms. The number of anilines is 2. The summed E-state index contributed by atoms with van der Waals surface area (Å²) in [6.45, 7) is 2.78. The third-order valence-electron chi connectivity index (χ3n) is 5.77. The van der Waals surface area contributed by atoms with Crippen LogP contribution in [-0.4, -0.2) is 57.4 Å². The first-order chi connectivity index (χ1) is 15.7. The smallest absolute Gasteiger partial charge is 0.243 e. The first kappa shape index (κ1) is 23.3. The summed E-state index contributed by atoms with van der Waals surface area (Å²) in [5.41, 5.74) is 0.870. The number of halogens is 2. The van der Waals surface area contributed by atoms with Crippen molar-refractivity contribution in [1.29, 1.82) is 0 Å². The van der Waals surface area contributed by atoms with Crippen molar-refractivity contribution in [3.05, 3.63) is 53.6 Å². The number of carbonyl (C=O) groups excluding carboxylic acids is 2. The molecule has 8 nitrogen and oxygen atoms in total. The molecule has 1 atom stereocenters. The van der Waals surface area contributed by atoms with Gasteiger partial charge in [-0.3, -0.25) is 9.59 Å². The quantitative estimate of drug-likeness (QED) is 0.710. The van der Waals surface area contributed by atoms with Crippen LogP contribution < -0.4 is 10.2 Å². The van der Waals surface area contributed by atoms with Crippen LogP contribution in [0.15, 0.2) is 41.3 Å². The van der Waals surface area contributed by atoms with Crippen molar-refractivity contribution in [1.82, 2.24) is 4.31 Å². The van der Waals surface area contributed by atoms with Gasteiger partial charge in [0.1, 0.15) is 11.6 Å².